The Hall–Kier alpha value is -3.11. The summed E-state index contributed by atoms with van der Waals surface area (Å²) in [5, 5.41) is 0. The van der Waals surface area contributed by atoms with Gasteiger partial charge in [-0.15, -0.1) is 0 Å². The van der Waals surface area contributed by atoms with Crippen LogP contribution in [0, 0.1) is 5.92 Å². The van der Waals surface area contributed by atoms with Gasteiger partial charge in [-0.05, 0) is 60.9 Å². The molecule has 10 heteroatoms. The second kappa shape index (κ2) is 11.3. The van der Waals surface area contributed by atoms with Crippen LogP contribution >= 0.6 is 0 Å². The lowest BCUT2D eigenvalue weighted by molar-refractivity contribution is -0.120. The Morgan fingerprint density at radius 3 is 2.13 bits per heavy atom. The fourth-order valence-electron chi connectivity index (χ4n) is 2.36. The average Bonchev–Trinajstić information content (AvgIpc) is 2.76. The van der Waals surface area contributed by atoms with E-state index in [0.717, 1.165) is 6.42 Å². The van der Waals surface area contributed by atoms with Crippen LogP contribution in [0.5, 0.6) is 11.5 Å². The largest absolute Gasteiger partial charge is 0.497 e. The molecule has 3 N–H and O–H groups in total. The highest BCUT2D eigenvalue weighted by atomic mass is 32.2. The van der Waals surface area contributed by atoms with E-state index in [1.54, 1.807) is 24.3 Å². The minimum absolute atomic E-state index is 0.0131. The van der Waals surface area contributed by atoms with E-state index in [-0.39, 0.29) is 4.90 Å². The molecular weight excluding hydrogens is 422 g/mol. The molecule has 0 aliphatic carbocycles. The lowest BCUT2D eigenvalue weighted by Crippen LogP contribution is -2.46. The predicted octanol–water partition coefficient (Wildman–Crippen LogP) is 1.86. The average molecular weight is 450 g/mol. The molecule has 2 aromatic carbocycles. The smallest absolute Gasteiger partial charge is 0.269 e. The van der Waals surface area contributed by atoms with E-state index in [0.29, 0.717) is 29.6 Å². The van der Waals surface area contributed by atoms with Gasteiger partial charge in [0, 0.05) is 5.56 Å². The van der Waals surface area contributed by atoms with Crippen molar-refractivity contribution >= 4 is 21.8 Å². The van der Waals surface area contributed by atoms with Crippen LogP contribution in [0.15, 0.2) is 53.4 Å². The lowest BCUT2D eigenvalue weighted by Gasteiger charge is -2.10. The van der Waals surface area contributed by atoms with Crippen molar-refractivity contribution in [3.63, 3.8) is 0 Å². The quantitative estimate of drug-likeness (QED) is 0.476. The highest BCUT2D eigenvalue weighted by molar-refractivity contribution is 7.89. The predicted molar refractivity (Wildman–Crippen MR) is 115 cm³/mol. The Balaban J connectivity index is 1.79. The molecule has 0 atom stereocenters. The Bertz CT molecular complexity index is 973. The van der Waals surface area contributed by atoms with Gasteiger partial charge in [-0.1, -0.05) is 13.8 Å². The number of nitrogens with one attached hydrogen (secondary N) is 3. The van der Waals surface area contributed by atoms with E-state index in [4.69, 9.17) is 9.47 Å². The zero-order chi connectivity index (χ0) is 22.9. The van der Waals surface area contributed by atoms with Gasteiger partial charge in [0.25, 0.3) is 11.8 Å². The summed E-state index contributed by atoms with van der Waals surface area (Å²) in [4.78, 5) is 24.0. The van der Waals surface area contributed by atoms with Gasteiger partial charge < -0.3 is 9.47 Å². The zero-order valence-electron chi connectivity index (χ0n) is 17.7. The summed E-state index contributed by atoms with van der Waals surface area (Å²) in [7, 11) is -2.41. The van der Waals surface area contributed by atoms with Crippen LogP contribution in [0.3, 0.4) is 0 Å². The number of hydrogen-bond acceptors (Lipinski definition) is 6. The molecule has 168 valence electrons. The maximum absolute atomic E-state index is 12.2. The summed E-state index contributed by atoms with van der Waals surface area (Å²) in [6.45, 7) is 4.26. The molecule has 0 saturated carbocycles. The molecule has 9 nitrogen and oxygen atoms in total. The van der Waals surface area contributed by atoms with Crippen LogP contribution in [-0.2, 0) is 14.8 Å². The monoisotopic (exact) mass is 449 g/mol. The molecule has 2 rings (SSSR count). The van der Waals surface area contributed by atoms with Gasteiger partial charge in [0.05, 0.1) is 25.2 Å². The molecule has 0 aliphatic heterocycles. The van der Waals surface area contributed by atoms with E-state index in [9.17, 15) is 18.0 Å². The van der Waals surface area contributed by atoms with Crippen molar-refractivity contribution in [3.05, 3.63) is 54.1 Å². The normalized spacial score (nSPS) is 11.1. The first-order valence-electron chi connectivity index (χ1n) is 9.67. The number of hydrogen-bond donors (Lipinski definition) is 3. The first-order valence-corrected chi connectivity index (χ1v) is 11.2. The Labute approximate surface area is 182 Å². The maximum Gasteiger partial charge on any atom is 0.269 e. The Morgan fingerprint density at radius 2 is 1.55 bits per heavy atom. The van der Waals surface area contributed by atoms with E-state index < -0.39 is 28.4 Å². The van der Waals surface area contributed by atoms with E-state index in [2.05, 4.69) is 29.4 Å². The Morgan fingerprint density at radius 1 is 0.935 bits per heavy atom. The molecule has 0 fully saturated rings. The fourth-order valence-corrected chi connectivity index (χ4v) is 3.34. The molecular formula is C21H27N3O6S. The van der Waals surface area contributed by atoms with Crippen molar-refractivity contribution in [1.29, 1.82) is 0 Å². The molecule has 0 aromatic heterocycles. The molecule has 0 bridgehead atoms. The SMILES string of the molecule is COc1ccc(S(=O)(=O)NCC(=O)NNC(=O)c2ccc(OCCC(C)C)cc2)cc1. The summed E-state index contributed by atoms with van der Waals surface area (Å²) in [6, 6.07) is 12.2. The Kier molecular flexibility index (Phi) is 8.83. The number of ether oxygens (including phenoxy) is 2. The van der Waals surface area contributed by atoms with Gasteiger partial charge in [-0.2, -0.15) is 0 Å². The van der Waals surface area contributed by atoms with Crippen molar-refractivity contribution < 1.29 is 27.5 Å². The van der Waals surface area contributed by atoms with Crippen LogP contribution in [0.4, 0.5) is 0 Å². The molecule has 2 amide bonds. The number of amides is 2. The summed E-state index contributed by atoms with van der Waals surface area (Å²) < 4.78 is 37.1. The van der Waals surface area contributed by atoms with Crippen molar-refractivity contribution in [1.82, 2.24) is 15.6 Å². The van der Waals surface area contributed by atoms with Crippen LogP contribution in [0.25, 0.3) is 0 Å². The molecule has 0 unspecified atom stereocenters. The third-order valence-electron chi connectivity index (χ3n) is 4.19. The number of rotatable bonds is 10. The molecule has 2 aromatic rings. The van der Waals surface area contributed by atoms with Crippen LogP contribution in [0.2, 0.25) is 0 Å². The van der Waals surface area contributed by atoms with E-state index >= 15 is 0 Å². The second-order valence-electron chi connectivity index (χ2n) is 7.06. The second-order valence-corrected chi connectivity index (χ2v) is 8.82. The van der Waals surface area contributed by atoms with Crippen molar-refractivity contribution in [2.75, 3.05) is 20.3 Å². The van der Waals surface area contributed by atoms with Gasteiger partial charge in [0.15, 0.2) is 0 Å². The molecule has 0 aliphatic rings. The highest BCUT2D eigenvalue weighted by Gasteiger charge is 2.16. The zero-order valence-corrected chi connectivity index (χ0v) is 18.5. The van der Waals surface area contributed by atoms with Crippen LogP contribution < -0.4 is 25.0 Å². The molecule has 0 spiro atoms. The van der Waals surface area contributed by atoms with Crippen molar-refractivity contribution in [2.45, 2.75) is 25.2 Å². The van der Waals surface area contributed by atoms with Gasteiger partial charge in [-0.3, -0.25) is 20.4 Å². The highest BCUT2D eigenvalue weighted by Crippen LogP contribution is 2.15. The number of carbonyl (C=O) groups excluding carboxylic acids is 2. The topological polar surface area (TPSA) is 123 Å². The lowest BCUT2D eigenvalue weighted by atomic mass is 10.1. The van der Waals surface area contributed by atoms with Gasteiger partial charge in [0.2, 0.25) is 10.0 Å². The summed E-state index contributed by atoms with van der Waals surface area (Å²) in [5.41, 5.74) is 4.72. The number of hydrazine groups is 1. The summed E-state index contributed by atoms with van der Waals surface area (Å²) in [5.74, 6) is 0.428. The number of methoxy groups -OCH3 is 1. The van der Waals surface area contributed by atoms with Gasteiger partial charge >= 0.3 is 0 Å². The number of carbonyl (C=O) groups is 2. The number of sulfonamides is 1. The van der Waals surface area contributed by atoms with Crippen LogP contribution in [-0.4, -0.2) is 40.5 Å². The molecule has 0 saturated heterocycles. The van der Waals surface area contributed by atoms with Crippen molar-refractivity contribution in [2.24, 2.45) is 5.92 Å². The van der Waals surface area contributed by atoms with Crippen LogP contribution in [0.1, 0.15) is 30.6 Å². The van der Waals surface area contributed by atoms with Gasteiger partial charge in [0.1, 0.15) is 11.5 Å². The molecule has 0 radical (unpaired) electrons. The first kappa shape index (κ1) is 24.2. The molecule has 0 heterocycles. The van der Waals surface area contributed by atoms with E-state index in [1.807, 2.05) is 0 Å². The minimum atomic E-state index is -3.88. The number of benzene rings is 2. The van der Waals surface area contributed by atoms with Crippen molar-refractivity contribution in [3.8, 4) is 11.5 Å². The first-order chi connectivity index (χ1) is 14.7. The summed E-state index contributed by atoms with van der Waals surface area (Å²) >= 11 is 0. The third-order valence-corrected chi connectivity index (χ3v) is 5.61. The molecule has 31 heavy (non-hydrogen) atoms. The third kappa shape index (κ3) is 7.91. The summed E-state index contributed by atoms with van der Waals surface area (Å²) in [6.07, 6.45) is 0.927. The van der Waals surface area contributed by atoms with Gasteiger partial charge in [-0.25, -0.2) is 13.1 Å². The fraction of sp³-hybridized carbons (Fsp3) is 0.333. The maximum atomic E-state index is 12.2. The minimum Gasteiger partial charge on any atom is -0.497 e. The van der Waals surface area contributed by atoms with E-state index in [1.165, 1.54) is 31.4 Å². The standard InChI is InChI=1S/C21H27N3O6S/c1-15(2)12-13-30-18-6-4-16(5-7-18)21(26)24-23-20(25)14-22-31(27,28)19-10-8-17(29-3)9-11-19/h4-11,15,22H,12-14H2,1-3H3,(H,23,25)(H,24,26).